The Bertz CT molecular complexity index is 586. The molecule has 2 aromatic rings. The van der Waals surface area contributed by atoms with E-state index in [1.807, 2.05) is 19.1 Å². The van der Waals surface area contributed by atoms with Crippen LogP contribution in [0.5, 0.6) is 11.5 Å². The Labute approximate surface area is 117 Å². The quantitative estimate of drug-likeness (QED) is 0.901. The van der Waals surface area contributed by atoms with Crippen LogP contribution in [0, 0.1) is 12.7 Å². The zero-order valence-corrected chi connectivity index (χ0v) is 11.6. The zero-order chi connectivity index (χ0) is 13.8. The maximum absolute atomic E-state index is 13.9. The van der Waals surface area contributed by atoms with E-state index in [0.717, 1.165) is 11.1 Å². The number of hydrogen-bond donors (Lipinski definition) is 1. The number of rotatable bonds is 4. The van der Waals surface area contributed by atoms with Crippen LogP contribution in [-0.4, -0.2) is 7.05 Å². The van der Waals surface area contributed by atoms with Gasteiger partial charge in [-0.3, -0.25) is 0 Å². The molecule has 0 spiro atoms. The van der Waals surface area contributed by atoms with Gasteiger partial charge in [-0.25, -0.2) is 4.39 Å². The fraction of sp³-hybridized carbons (Fsp3) is 0.200. The summed E-state index contributed by atoms with van der Waals surface area (Å²) in [5, 5.41) is 3.45. The predicted octanol–water partition coefficient (Wildman–Crippen LogP) is 4.30. The number of nitrogens with one attached hydrogen (secondary N) is 1. The molecule has 0 aliphatic heterocycles. The molecular formula is C15H15ClFNO. The van der Waals surface area contributed by atoms with Crippen molar-refractivity contribution < 1.29 is 9.13 Å². The minimum atomic E-state index is -0.399. The number of para-hydroxylation sites is 1. The molecule has 0 saturated carbocycles. The molecule has 2 rings (SSSR count). The molecule has 100 valence electrons. The predicted molar refractivity (Wildman–Crippen MR) is 75.4 cm³/mol. The second kappa shape index (κ2) is 6.04. The average Bonchev–Trinajstić information content (AvgIpc) is 2.36. The second-order valence-electron chi connectivity index (χ2n) is 4.29. The van der Waals surface area contributed by atoms with Gasteiger partial charge in [0.05, 0.1) is 5.02 Å². The fourth-order valence-electron chi connectivity index (χ4n) is 1.80. The minimum Gasteiger partial charge on any atom is -0.452 e. The molecule has 2 aromatic carbocycles. The van der Waals surface area contributed by atoms with Gasteiger partial charge in [0.1, 0.15) is 5.75 Å². The van der Waals surface area contributed by atoms with Crippen LogP contribution >= 0.6 is 11.6 Å². The first-order valence-electron chi connectivity index (χ1n) is 5.98. The highest BCUT2D eigenvalue weighted by Crippen LogP contribution is 2.33. The smallest absolute Gasteiger partial charge is 0.167 e. The molecule has 0 fully saturated rings. The summed E-state index contributed by atoms with van der Waals surface area (Å²) in [7, 11) is 1.80. The van der Waals surface area contributed by atoms with Gasteiger partial charge in [-0.15, -0.1) is 0 Å². The molecule has 0 aliphatic rings. The van der Waals surface area contributed by atoms with Crippen LogP contribution in [0.3, 0.4) is 0 Å². The van der Waals surface area contributed by atoms with E-state index >= 15 is 0 Å². The molecule has 2 nitrogen and oxygen atoms in total. The zero-order valence-electron chi connectivity index (χ0n) is 10.8. The van der Waals surface area contributed by atoms with E-state index in [1.54, 1.807) is 25.2 Å². The van der Waals surface area contributed by atoms with Gasteiger partial charge in [0.25, 0.3) is 0 Å². The molecule has 0 bridgehead atoms. The summed E-state index contributed by atoms with van der Waals surface area (Å²) >= 11 is 6.10. The highest BCUT2D eigenvalue weighted by Gasteiger charge is 2.12. The van der Waals surface area contributed by atoms with E-state index in [1.165, 1.54) is 6.07 Å². The van der Waals surface area contributed by atoms with E-state index in [2.05, 4.69) is 5.32 Å². The lowest BCUT2D eigenvalue weighted by Gasteiger charge is -2.13. The molecule has 0 aliphatic carbocycles. The molecule has 0 radical (unpaired) electrons. The van der Waals surface area contributed by atoms with Crippen molar-refractivity contribution in [2.24, 2.45) is 0 Å². The SMILES string of the molecule is CNCc1cccc(F)c1Oc1ccc(C)cc1Cl. The topological polar surface area (TPSA) is 21.3 Å². The van der Waals surface area contributed by atoms with Gasteiger partial charge in [-0.05, 0) is 37.7 Å². The van der Waals surface area contributed by atoms with Crippen LogP contribution < -0.4 is 10.1 Å². The fourth-order valence-corrected chi connectivity index (χ4v) is 2.07. The molecule has 1 N–H and O–H groups in total. The number of aryl methyl sites for hydroxylation is 1. The Morgan fingerprint density at radius 3 is 2.74 bits per heavy atom. The van der Waals surface area contributed by atoms with Gasteiger partial charge in [-0.2, -0.15) is 0 Å². The van der Waals surface area contributed by atoms with Crippen molar-refractivity contribution in [1.82, 2.24) is 5.32 Å². The lowest BCUT2D eigenvalue weighted by atomic mass is 10.2. The Morgan fingerprint density at radius 1 is 1.26 bits per heavy atom. The molecule has 0 heterocycles. The molecule has 0 saturated heterocycles. The Hall–Kier alpha value is -1.58. The summed E-state index contributed by atoms with van der Waals surface area (Å²) in [6.07, 6.45) is 0. The molecular weight excluding hydrogens is 265 g/mol. The molecule has 4 heteroatoms. The van der Waals surface area contributed by atoms with Crippen molar-refractivity contribution in [2.75, 3.05) is 7.05 Å². The van der Waals surface area contributed by atoms with E-state index in [9.17, 15) is 4.39 Å². The highest BCUT2D eigenvalue weighted by molar-refractivity contribution is 6.32. The van der Waals surface area contributed by atoms with Crippen molar-refractivity contribution >= 4 is 11.6 Å². The first kappa shape index (κ1) is 13.8. The van der Waals surface area contributed by atoms with Crippen LogP contribution in [0.2, 0.25) is 5.02 Å². The Kier molecular flexibility index (Phi) is 4.40. The summed E-state index contributed by atoms with van der Waals surface area (Å²) in [6, 6.07) is 10.3. The van der Waals surface area contributed by atoms with E-state index in [0.29, 0.717) is 17.3 Å². The summed E-state index contributed by atoms with van der Waals surface area (Å²) in [5.41, 5.74) is 1.78. The number of hydrogen-bond acceptors (Lipinski definition) is 2. The third kappa shape index (κ3) is 3.25. The molecule has 0 unspecified atom stereocenters. The van der Waals surface area contributed by atoms with Gasteiger partial charge in [0, 0.05) is 12.1 Å². The normalized spacial score (nSPS) is 10.5. The lowest BCUT2D eigenvalue weighted by Crippen LogP contribution is -2.07. The first-order valence-corrected chi connectivity index (χ1v) is 6.35. The highest BCUT2D eigenvalue weighted by atomic mass is 35.5. The van der Waals surface area contributed by atoms with Gasteiger partial charge < -0.3 is 10.1 Å². The Balaban J connectivity index is 2.37. The standard InChI is InChI=1S/C15H15ClFNO/c1-10-6-7-14(12(16)8-10)19-15-11(9-18-2)4-3-5-13(15)17/h3-8,18H,9H2,1-2H3. The first-order chi connectivity index (χ1) is 9.11. The largest absolute Gasteiger partial charge is 0.452 e. The summed E-state index contributed by atoms with van der Waals surface area (Å²) in [6.45, 7) is 2.46. The third-order valence-corrected chi connectivity index (χ3v) is 3.01. The summed E-state index contributed by atoms with van der Waals surface area (Å²) in [5.74, 6) is 0.265. The van der Waals surface area contributed by atoms with Gasteiger partial charge in [-0.1, -0.05) is 29.8 Å². The van der Waals surface area contributed by atoms with Gasteiger partial charge in [0.2, 0.25) is 0 Å². The number of benzene rings is 2. The van der Waals surface area contributed by atoms with Crippen LogP contribution in [0.4, 0.5) is 4.39 Å². The maximum Gasteiger partial charge on any atom is 0.167 e. The number of halogens is 2. The van der Waals surface area contributed by atoms with Crippen LogP contribution in [0.25, 0.3) is 0 Å². The summed E-state index contributed by atoms with van der Waals surface area (Å²) in [4.78, 5) is 0. The molecule has 0 amide bonds. The van der Waals surface area contributed by atoms with Crippen LogP contribution in [-0.2, 0) is 6.54 Å². The van der Waals surface area contributed by atoms with Crippen molar-refractivity contribution in [3.63, 3.8) is 0 Å². The van der Waals surface area contributed by atoms with E-state index in [-0.39, 0.29) is 5.75 Å². The van der Waals surface area contributed by atoms with Crippen molar-refractivity contribution in [3.05, 3.63) is 58.4 Å². The molecule has 19 heavy (non-hydrogen) atoms. The number of ether oxygens (including phenoxy) is 1. The molecule has 0 atom stereocenters. The summed E-state index contributed by atoms with van der Waals surface area (Å²) < 4.78 is 19.5. The average molecular weight is 280 g/mol. The van der Waals surface area contributed by atoms with Gasteiger partial charge in [0.15, 0.2) is 11.6 Å². The van der Waals surface area contributed by atoms with Crippen LogP contribution in [0.1, 0.15) is 11.1 Å². The van der Waals surface area contributed by atoms with E-state index < -0.39 is 5.82 Å². The molecule has 0 aromatic heterocycles. The third-order valence-electron chi connectivity index (χ3n) is 2.72. The lowest BCUT2D eigenvalue weighted by molar-refractivity contribution is 0.435. The van der Waals surface area contributed by atoms with Crippen molar-refractivity contribution in [1.29, 1.82) is 0 Å². The van der Waals surface area contributed by atoms with Gasteiger partial charge >= 0.3 is 0 Å². The second-order valence-corrected chi connectivity index (χ2v) is 4.70. The Morgan fingerprint density at radius 2 is 2.05 bits per heavy atom. The van der Waals surface area contributed by atoms with Crippen LogP contribution in [0.15, 0.2) is 36.4 Å². The maximum atomic E-state index is 13.9. The monoisotopic (exact) mass is 279 g/mol. The van der Waals surface area contributed by atoms with E-state index in [4.69, 9.17) is 16.3 Å². The van der Waals surface area contributed by atoms with Crippen molar-refractivity contribution in [3.8, 4) is 11.5 Å². The minimum absolute atomic E-state index is 0.211. The van der Waals surface area contributed by atoms with Crippen molar-refractivity contribution in [2.45, 2.75) is 13.5 Å².